The van der Waals surface area contributed by atoms with E-state index in [9.17, 15) is 4.79 Å². The Morgan fingerprint density at radius 2 is 2.17 bits per heavy atom. The topological polar surface area (TPSA) is 72.4 Å². The molecule has 1 aromatic rings. The average Bonchev–Trinajstić information content (AvgIpc) is 2.33. The number of hydrogen-bond acceptors (Lipinski definition) is 3. The van der Waals surface area contributed by atoms with E-state index < -0.39 is 0 Å². The summed E-state index contributed by atoms with van der Waals surface area (Å²) in [6, 6.07) is 5.73. The first kappa shape index (κ1) is 13.0. The van der Waals surface area contributed by atoms with E-state index in [-0.39, 0.29) is 11.8 Å². The Morgan fingerprint density at radius 1 is 1.44 bits per heavy atom. The number of halogens is 1. The summed E-state index contributed by atoms with van der Waals surface area (Å²) >= 11 is 6.01. The molecular formula is C13H18ClN3O. The van der Waals surface area contributed by atoms with E-state index in [1.165, 1.54) is 0 Å². The van der Waals surface area contributed by atoms with Crippen molar-refractivity contribution in [3.8, 4) is 0 Å². The van der Waals surface area contributed by atoms with Gasteiger partial charge in [0.2, 0.25) is 5.91 Å². The highest BCUT2D eigenvalue weighted by Crippen LogP contribution is 2.33. The van der Waals surface area contributed by atoms with Gasteiger partial charge in [0.1, 0.15) is 0 Å². The van der Waals surface area contributed by atoms with Gasteiger partial charge in [-0.05, 0) is 38.0 Å². The highest BCUT2D eigenvalue weighted by molar-refractivity contribution is 6.31. The molecule has 4 nitrogen and oxygen atoms in total. The second-order valence-corrected chi connectivity index (χ2v) is 5.32. The van der Waals surface area contributed by atoms with Crippen LogP contribution in [0.1, 0.15) is 19.8 Å². The molecule has 0 aromatic heterocycles. The number of primary amides is 1. The molecule has 0 bridgehead atoms. The molecule has 18 heavy (non-hydrogen) atoms. The van der Waals surface area contributed by atoms with Crippen LogP contribution in [-0.2, 0) is 4.79 Å². The van der Waals surface area contributed by atoms with Gasteiger partial charge in [-0.15, -0.1) is 0 Å². The summed E-state index contributed by atoms with van der Waals surface area (Å²) < 4.78 is 0. The maximum Gasteiger partial charge on any atom is 0.222 e. The third-order valence-electron chi connectivity index (χ3n) is 3.59. The van der Waals surface area contributed by atoms with Gasteiger partial charge in [0.05, 0.1) is 17.3 Å². The Labute approximate surface area is 112 Å². The number of nitrogens with two attached hydrogens (primary N) is 2. The van der Waals surface area contributed by atoms with Crippen molar-refractivity contribution < 1.29 is 4.79 Å². The lowest BCUT2D eigenvalue weighted by Gasteiger charge is -2.39. The van der Waals surface area contributed by atoms with Crippen molar-refractivity contribution in [2.45, 2.75) is 25.8 Å². The summed E-state index contributed by atoms with van der Waals surface area (Å²) in [6.07, 6.45) is 1.77. The van der Waals surface area contributed by atoms with Gasteiger partial charge in [-0.1, -0.05) is 11.6 Å². The molecule has 0 saturated carbocycles. The molecule has 1 aromatic carbocycles. The van der Waals surface area contributed by atoms with Crippen LogP contribution in [-0.4, -0.2) is 18.5 Å². The number of carbonyl (C=O) groups excluding carboxylic acids is 1. The van der Waals surface area contributed by atoms with Gasteiger partial charge >= 0.3 is 0 Å². The van der Waals surface area contributed by atoms with E-state index in [1.807, 2.05) is 6.07 Å². The summed E-state index contributed by atoms with van der Waals surface area (Å²) in [5.41, 5.74) is 13.0. The summed E-state index contributed by atoms with van der Waals surface area (Å²) in [7, 11) is 0. The standard InChI is InChI=1S/C13H18ClN3O/c1-8-2-3-9(13(16)18)7-17(8)12-6-10(14)4-5-11(12)15/h4-6,8-9H,2-3,7,15H2,1H3,(H2,16,18). The molecule has 2 atom stereocenters. The monoisotopic (exact) mass is 267 g/mol. The predicted molar refractivity (Wildman–Crippen MR) is 74.6 cm³/mol. The second kappa shape index (κ2) is 5.06. The summed E-state index contributed by atoms with van der Waals surface area (Å²) in [5, 5.41) is 0.646. The van der Waals surface area contributed by atoms with Gasteiger partial charge in [0, 0.05) is 17.6 Å². The summed E-state index contributed by atoms with van der Waals surface area (Å²) in [6.45, 7) is 2.73. The SMILES string of the molecule is CC1CCC(C(N)=O)CN1c1cc(Cl)ccc1N. The fourth-order valence-corrected chi connectivity index (χ4v) is 2.61. The number of rotatable bonds is 2. The first-order chi connectivity index (χ1) is 8.49. The number of carbonyl (C=O) groups is 1. The summed E-state index contributed by atoms with van der Waals surface area (Å²) in [4.78, 5) is 13.5. The Hall–Kier alpha value is -1.42. The molecule has 5 heteroatoms. The van der Waals surface area contributed by atoms with Crippen LogP contribution < -0.4 is 16.4 Å². The van der Waals surface area contributed by atoms with Crippen molar-refractivity contribution in [2.24, 2.45) is 11.7 Å². The number of amides is 1. The van der Waals surface area contributed by atoms with Crippen molar-refractivity contribution in [2.75, 3.05) is 17.2 Å². The van der Waals surface area contributed by atoms with E-state index in [1.54, 1.807) is 12.1 Å². The van der Waals surface area contributed by atoms with Crippen LogP contribution in [0, 0.1) is 5.92 Å². The van der Waals surface area contributed by atoms with Crippen molar-refractivity contribution in [1.82, 2.24) is 0 Å². The molecule has 1 aliphatic rings. The minimum atomic E-state index is -0.243. The van der Waals surface area contributed by atoms with E-state index in [0.29, 0.717) is 23.3 Å². The van der Waals surface area contributed by atoms with Crippen molar-refractivity contribution >= 4 is 28.9 Å². The third kappa shape index (κ3) is 2.53. The Bertz CT molecular complexity index is 464. The minimum Gasteiger partial charge on any atom is -0.397 e. The van der Waals surface area contributed by atoms with E-state index >= 15 is 0 Å². The molecular weight excluding hydrogens is 250 g/mol. The molecule has 2 unspecified atom stereocenters. The van der Waals surface area contributed by atoms with Crippen LogP contribution in [0.15, 0.2) is 18.2 Å². The lowest BCUT2D eigenvalue weighted by atomic mass is 9.92. The molecule has 0 spiro atoms. The van der Waals surface area contributed by atoms with Crippen molar-refractivity contribution in [3.05, 3.63) is 23.2 Å². The Morgan fingerprint density at radius 3 is 2.83 bits per heavy atom. The quantitative estimate of drug-likeness (QED) is 0.805. The highest BCUT2D eigenvalue weighted by atomic mass is 35.5. The summed E-state index contributed by atoms with van der Waals surface area (Å²) in [5.74, 6) is -0.355. The van der Waals surface area contributed by atoms with Gasteiger partial charge < -0.3 is 16.4 Å². The van der Waals surface area contributed by atoms with Crippen LogP contribution in [0.4, 0.5) is 11.4 Å². The largest absolute Gasteiger partial charge is 0.397 e. The normalized spacial score (nSPS) is 24.0. The fourth-order valence-electron chi connectivity index (χ4n) is 2.44. The van der Waals surface area contributed by atoms with Crippen LogP contribution >= 0.6 is 11.6 Å². The zero-order valence-corrected chi connectivity index (χ0v) is 11.2. The van der Waals surface area contributed by atoms with Crippen LogP contribution in [0.5, 0.6) is 0 Å². The fraction of sp³-hybridized carbons (Fsp3) is 0.462. The van der Waals surface area contributed by atoms with Gasteiger partial charge in [-0.2, -0.15) is 0 Å². The molecule has 1 fully saturated rings. The molecule has 1 saturated heterocycles. The number of nitrogen functional groups attached to an aromatic ring is 1. The van der Waals surface area contributed by atoms with Crippen molar-refractivity contribution in [1.29, 1.82) is 0 Å². The zero-order valence-electron chi connectivity index (χ0n) is 10.4. The lowest BCUT2D eigenvalue weighted by molar-refractivity contribution is -0.122. The van der Waals surface area contributed by atoms with Gasteiger partial charge in [-0.3, -0.25) is 4.79 Å². The molecule has 0 radical (unpaired) electrons. The highest BCUT2D eigenvalue weighted by Gasteiger charge is 2.29. The van der Waals surface area contributed by atoms with E-state index in [4.69, 9.17) is 23.1 Å². The number of hydrogen-bond donors (Lipinski definition) is 2. The number of nitrogens with zero attached hydrogens (tertiary/aromatic N) is 1. The first-order valence-electron chi connectivity index (χ1n) is 6.10. The maximum atomic E-state index is 11.3. The first-order valence-corrected chi connectivity index (χ1v) is 6.48. The van der Waals surface area contributed by atoms with Gasteiger partial charge in [-0.25, -0.2) is 0 Å². The lowest BCUT2D eigenvalue weighted by Crippen LogP contribution is -2.46. The minimum absolute atomic E-state index is 0.111. The van der Waals surface area contributed by atoms with Gasteiger partial charge in [0.15, 0.2) is 0 Å². The predicted octanol–water partition coefficient (Wildman–Crippen LogP) is 2.01. The van der Waals surface area contributed by atoms with Crippen LogP contribution in [0.25, 0.3) is 0 Å². The second-order valence-electron chi connectivity index (χ2n) is 4.88. The molecule has 98 valence electrons. The van der Waals surface area contributed by atoms with Gasteiger partial charge in [0.25, 0.3) is 0 Å². The molecule has 1 amide bonds. The van der Waals surface area contributed by atoms with Crippen LogP contribution in [0.2, 0.25) is 5.02 Å². The molecule has 4 N–H and O–H groups in total. The van der Waals surface area contributed by atoms with Crippen LogP contribution in [0.3, 0.4) is 0 Å². The molecule has 1 heterocycles. The zero-order chi connectivity index (χ0) is 13.3. The van der Waals surface area contributed by atoms with Crippen molar-refractivity contribution in [3.63, 3.8) is 0 Å². The number of piperidine rings is 1. The average molecular weight is 268 g/mol. The smallest absolute Gasteiger partial charge is 0.222 e. The Balaban J connectivity index is 2.29. The van der Waals surface area contributed by atoms with E-state index in [0.717, 1.165) is 18.5 Å². The Kier molecular flexibility index (Phi) is 3.66. The van der Waals surface area contributed by atoms with E-state index in [2.05, 4.69) is 11.8 Å². The molecule has 2 rings (SSSR count). The maximum absolute atomic E-state index is 11.3. The molecule has 0 aliphatic carbocycles. The number of anilines is 2. The molecule has 1 aliphatic heterocycles. The number of benzene rings is 1. The third-order valence-corrected chi connectivity index (χ3v) is 3.82.